The summed E-state index contributed by atoms with van der Waals surface area (Å²) < 4.78 is 35.9. The number of nitrogens with one attached hydrogen (secondary N) is 1. The van der Waals surface area contributed by atoms with Crippen LogP contribution in [0.25, 0.3) is 0 Å². The fourth-order valence-electron chi connectivity index (χ4n) is 2.87. The largest absolute Gasteiger partial charge is 0.351 e. The second-order valence-electron chi connectivity index (χ2n) is 6.30. The number of hydrogen-bond acceptors (Lipinski definition) is 5. The summed E-state index contributed by atoms with van der Waals surface area (Å²) in [4.78, 5) is 17.3. The number of halogens is 1. The summed E-state index contributed by atoms with van der Waals surface area (Å²) in [6, 6.07) is 6.21. The topological polar surface area (TPSA) is 76.1 Å². The van der Waals surface area contributed by atoms with E-state index in [1.54, 1.807) is 19.1 Å². The van der Waals surface area contributed by atoms with Gasteiger partial charge in [-0.05, 0) is 37.0 Å². The molecule has 0 spiro atoms. The average molecular weight is 382 g/mol. The number of aromatic nitrogens is 1. The second kappa shape index (κ2) is 7.21. The van der Waals surface area contributed by atoms with Gasteiger partial charge >= 0.3 is 0 Å². The average Bonchev–Trinajstić information content (AvgIpc) is 3.09. The van der Waals surface area contributed by atoms with Crippen molar-refractivity contribution in [1.82, 2.24) is 10.3 Å². The van der Waals surface area contributed by atoms with Gasteiger partial charge in [0.1, 0.15) is 10.7 Å². The number of nitrogens with zero attached hydrogens (tertiary/aromatic N) is 1. The summed E-state index contributed by atoms with van der Waals surface area (Å²) in [5, 5.41) is 3.61. The molecule has 1 fully saturated rings. The summed E-state index contributed by atoms with van der Waals surface area (Å²) >= 11 is 1.31. The van der Waals surface area contributed by atoms with E-state index in [1.807, 2.05) is 0 Å². The van der Waals surface area contributed by atoms with E-state index >= 15 is 0 Å². The van der Waals surface area contributed by atoms with E-state index in [9.17, 15) is 17.6 Å². The molecule has 1 aliphatic heterocycles. The number of sulfone groups is 1. The molecule has 8 heteroatoms. The molecule has 1 N–H and O–H groups in total. The van der Waals surface area contributed by atoms with Gasteiger partial charge in [-0.1, -0.05) is 12.1 Å². The Morgan fingerprint density at radius 3 is 2.72 bits per heavy atom. The molecule has 0 bridgehead atoms. The van der Waals surface area contributed by atoms with Crippen LogP contribution in [0.15, 0.2) is 24.3 Å². The Bertz CT molecular complexity index is 876. The summed E-state index contributed by atoms with van der Waals surface area (Å²) in [6.07, 6.45) is 1.14. The molecule has 1 aromatic heterocycles. The van der Waals surface area contributed by atoms with Crippen molar-refractivity contribution in [3.8, 4) is 0 Å². The number of carbonyl (C=O) groups is 1. The highest BCUT2D eigenvalue weighted by atomic mass is 32.2. The van der Waals surface area contributed by atoms with Crippen molar-refractivity contribution in [3.63, 3.8) is 0 Å². The van der Waals surface area contributed by atoms with Crippen LogP contribution in [0.2, 0.25) is 0 Å². The molecule has 1 saturated heterocycles. The summed E-state index contributed by atoms with van der Waals surface area (Å²) in [7, 11) is -2.94. The second-order valence-corrected chi connectivity index (χ2v) is 9.62. The first kappa shape index (κ1) is 18.0. The molecule has 2 heterocycles. The van der Waals surface area contributed by atoms with Gasteiger partial charge in [0.25, 0.3) is 5.91 Å². The number of benzene rings is 1. The Morgan fingerprint density at radius 2 is 2.08 bits per heavy atom. The highest BCUT2D eigenvalue weighted by molar-refractivity contribution is 7.91. The van der Waals surface area contributed by atoms with Crippen LogP contribution in [0.4, 0.5) is 4.39 Å². The molecule has 1 aliphatic rings. The Hall–Kier alpha value is -1.80. The minimum atomic E-state index is -2.94. The number of aryl methyl sites for hydroxylation is 1. The van der Waals surface area contributed by atoms with Crippen molar-refractivity contribution in [2.75, 3.05) is 18.1 Å². The molecule has 5 nitrogen and oxygen atoms in total. The zero-order chi connectivity index (χ0) is 18.0. The molecule has 0 saturated carbocycles. The maximum absolute atomic E-state index is 13.0. The number of rotatable bonds is 5. The van der Waals surface area contributed by atoms with Gasteiger partial charge in [0.05, 0.1) is 22.2 Å². The highest BCUT2D eigenvalue weighted by Crippen LogP contribution is 2.22. The van der Waals surface area contributed by atoms with Gasteiger partial charge in [0.15, 0.2) is 9.84 Å². The SMILES string of the molecule is Cc1nc(Cc2ccc(F)cc2)sc1C(=O)NCC1CCS(=O)(=O)C1. The van der Waals surface area contributed by atoms with E-state index in [2.05, 4.69) is 10.3 Å². The van der Waals surface area contributed by atoms with Gasteiger partial charge in [-0.25, -0.2) is 17.8 Å². The molecule has 134 valence electrons. The fourth-order valence-corrected chi connectivity index (χ4v) is 5.74. The Kier molecular flexibility index (Phi) is 5.19. The lowest BCUT2D eigenvalue weighted by Gasteiger charge is -2.08. The maximum Gasteiger partial charge on any atom is 0.263 e. The molecule has 3 rings (SSSR count). The van der Waals surface area contributed by atoms with E-state index in [4.69, 9.17) is 0 Å². The molecular formula is C17H19FN2O3S2. The minimum absolute atomic E-state index is 0.0131. The number of amides is 1. The molecule has 0 aliphatic carbocycles. The first-order valence-corrected chi connectivity index (χ1v) is 10.7. The van der Waals surface area contributed by atoms with Crippen molar-refractivity contribution in [3.05, 3.63) is 51.2 Å². The van der Waals surface area contributed by atoms with Crippen LogP contribution in [0.3, 0.4) is 0 Å². The third kappa shape index (κ3) is 4.64. The minimum Gasteiger partial charge on any atom is -0.351 e. The van der Waals surface area contributed by atoms with Crippen molar-refractivity contribution < 1.29 is 17.6 Å². The quantitative estimate of drug-likeness (QED) is 0.861. The third-order valence-corrected chi connectivity index (χ3v) is 7.19. The van der Waals surface area contributed by atoms with Gasteiger partial charge < -0.3 is 5.32 Å². The lowest BCUT2D eigenvalue weighted by molar-refractivity contribution is 0.0951. The first-order valence-electron chi connectivity index (χ1n) is 8.02. The zero-order valence-electron chi connectivity index (χ0n) is 13.8. The molecule has 2 aromatic rings. The van der Waals surface area contributed by atoms with Crippen molar-refractivity contribution in [2.24, 2.45) is 5.92 Å². The summed E-state index contributed by atoms with van der Waals surface area (Å²) in [5.41, 5.74) is 1.58. The monoisotopic (exact) mass is 382 g/mol. The van der Waals surface area contributed by atoms with Crippen LogP contribution in [-0.4, -0.2) is 37.4 Å². The molecule has 1 atom stereocenters. The van der Waals surface area contributed by atoms with E-state index in [0.717, 1.165) is 10.6 Å². The number of hydrogen-bond donors (Lipinski definition) is 1. The Labute approximate surface area is 150 Å². The lowest BCUT2D eigenvalue weighted by Crippen LogP contribution is -2.29. The smallest absolute Gasteiger partial charge is 0.263 e. The van der Waals surface area contributed by atoms with Crippen LogP contribution in [0, 0.1) is 18.7 Å². The molecule has 1 unspecified atom stereocenters. The van der Waals surface area contributed by atoms with Crippen molar-refractivity contribution in [1.29, 1.82) is 0 Å². The van der Waals surface area contributed by atoms with Crippen molar-refractivity contribution >= 4 is 27.1 Å². The van der Waals surface area contributed by atoms with Gasteiger partial charge in [-0.2, -0.15) is 0 Å². The fraction of sp³-hybridized carbons (Fsp3) is 0.412. The first-order chi connectivity index (χ1) is 11.8. The maximum atomic E-state index is 13.0. The molecule has 1 amide bonds. The number of carbonyl (C=O) groups excluding carboxylic acids is 1. The Balaban J connectivity index is 1.61. The lowest BCUT2D eigenvalue weighted by atomic mass is 10.1. The van der Waals surface area contributed by atoms with Crippen LogP contribution >= 0.6 is 11.3 Å². The van der Waals surface area contributed by atoms with Crippen LogP contribution in [0.1, 0.15) is 32.4 Å². The van der Waals surface area contributed by atoms with E-state index in [-0.39, 0.29) is 29.1 Å². The van der Waals surface area contributed by atoms with Crippen LogP contribution < -0.4 is 5.32 Å². The van der Waals surface area contributed by atoms with Crippen LogP contribution in [-0.2, 0) is 16.3 Å². The standard InChI is InChI=1S/C17H19FN2O3S2/c1-11-16(17(21)19-9-13-6-7-25(22,23)10-13)24-15(20-11)8-12-2-4-14(18)5-3-12/h2-5,13H,6-10H2,1H3,(H,19,21). The van der Waals surface area contributed by atoms with E-state index < -0.39 is 9.84 Å². The molecule has 1 aromatic carbocycles. The van der Waals surface area contributed by atoms with Gasteiger partial charge in [-0.15, -0.1) is 11.3 Å². The normalized spacial score (nSPS) is 19.0. The summed E-state index contributed by atoms with van der Waals surface area (Å²) in [5.74, 6) is -0.168. The predicted molar refractivity (Wildman–Crippen MR) is 95.2 cm³/mol. The zero-order valence-corrected chi connectivity index (χ0v) is 15.4. The van der Waals surface area contributed by atoms with Gasteiger partial charge in [-0.3, -0.25) is 4.79 Å². The highest BCUT2D eigenvalue weighted by Gasteiger charge is 2.28. The third-order valence-electron chi connectivity index (χ3n) is 4.19. The van der Waals surface area contributed by atoms with Gasteiger partial charge in [0.2, 0.25) is 0 Å². The van der Waals surface area contributed by atoms with Gasteiger partial charge in [0, 0.05) is 13.0 Å². The molecular weight excluding hydrogens is 363 g/mol. The summed E-state index contributed by atoms with van der Waals surface area (Å²) in [6.45, 7) is 2.14. The predicted octanol–water partition coefficient (Wildman–Crippen LogP) is 2.35. The molecule has 25 heavy (non-hydrogen) atoms. The number of thiazole rings is 1. The van der Waals surface area contributed by atoms with Crippen LogP contribution in [0.5, 0.6) is 0 Å². The van der Waals surface area contributed by atoms with E-state index in [1.165, 1.54) is 23.5 Å². The van der Waals surface area contributed by atoms with Crippen molar-refractivity contribution in [2.45, 2.75) is 19.8 Å². The Morgan fingerprint density at radius 1 is 1.36 bits per heavy atom. The van der Waals surface area contributed by atoms with E-state index in [0.29, 0.717) is 30.0 Å². The molecule has 0 radical (unpaired) electrons.